The number of fused-ring (bicyclic) bond motifs is 1. The van der Waals surface area contributed by atoms with Gasteiger partial charge < -0.3 is 5.32 Å². The summed E-state index contributed by atoms with van der Waals surface area (Å²) in [5, 5.41) is 3.12. The monoisotopic (exact) mass is 470 g/mol. The molecule has 1 saturated carbocycles. The molecular weight excluding hydrogens is 448 g/mol. The molecule has 1 aliphatic carbocycles. The highest BCUT2D eigenvalue weighted by molar-refractivity contribution is 9.10. The Kier molecular flexibility index (Phi) is 6.40. The van der Waals surface area contributed by atoms with Crippen LogP contribution >= 0.6 is 27.7 Å². The molecule has 6 heteroatoms. The maximum absolute atomic E-state index is 13.3. The number of para-hydroxylation sites is 1. The first-order chi connectivity index (χ1) is 14.1. The van der Waals surface area contributed by atoms with Crippen LogP contribution in [0.2, 0.25) is 0 Å². The van der Waals surface area contributed by atoms with Crippen LogP contribution in [-0.4, -0.2) is 24.4 Å². The lowest BCUT2D eigenvalue weighted by Gasteiger charge is -2.31. The molecule has 0 saturated heterocycles. The van der Waals surface area contributed by atoms with Crippen molar-refractivity contribution in [1.29, 1.82) is 0 Å². The molecule has 2 aromatic carbocycles. The summed E-state index contributed by atoms with van der Waals surface area (Å²) in [5.74, 6) is -0.221. The number of nitrogens with zero attached hydrogens (tertiary/aromatic N) is 1. The van der Waals surface area contributed by atoms with Gasteiger partial charge >= 0.3 is 0 Å². The van der Waals surface area contributed by atoms with Crippen molar-refractivity contribution in [3.63, 3.8) is 0 Å². The summed E-state index contributed by atoms with van der Waals surface area (Å²) in [4.78, 5) is 29.2. The van der Waals surface area contributed by atoms with Gasteiger partial charge in [0.05, 0.1) is 10.6 Å². The molecule has 0 atom stereocenters. The molecule has 29 heavy (non-hydrogen) atoms. The molecule has 4 rings (SSSR count). The molecule has 2 aromatic rings. The molecule has 1 fully saturated rings. The van der Waals surface area contributed by atoms with Crippen molar-refractivity contribution in [2.75, 3.05) is 11.4 Å². The van der Waals surface area contributed by atoms with E-state index in [0.717, 1.165) is 46.3 Å². The summed E-state index contributed by atoms with van der Waals surface area (Å²) < 4.78 is 0.962. The van der Waals surface area contributed by atoms with E-state index < -0.39 is 0 Å². The lowest BCUT2D eigenvalue weighted by Crippen LogP contribution is -2.46. The Morgan fingerprint density at radius 2 is 1.93 bits per heavy atom. The molecule has 1 N–H and O–H groups in total. The molecule has 0 bridgehead atoms. The van der Waals surface area contributed by atoms with E-state index >= 15 is 0 Å². The molecule has 1 heterocycles. The number of rotatable bonds is 4. The first-order valence-corrected chi connectivity index (χ1v) is 11.6. The van der Waals surface area contributed by atoms with Gasteiger partial charge in [-0.3, -0.25) is 14.5 Å². The van der Waals surface area contributed by atoms with Gasteiger partial charge in [0.1, 0.15) is 6.54 Å². The van der Waals surface area contributed by atoms with Crippen molar-refractivity contribution in [3.8, 4) is 0 Å². The first-order valence-electron chi connectivity index (χ1n) is 9.95. The molecule has 0 spiro atoms. The number of halogens is 1. The van der Waals surface area contributed by atoms with Crippen LogP contribution in [-0.2, 0) is 9.59 Å². The zero-order chi connectivity index (χ0) is 20.2. The number of carbonyl (C=O) groups excluding carboxylic acids is 2. The number of hydrogen-bond donors (Lipinski definition) is 1. The molecular formula is C23H23BrN2O2S. The van der Waals surface area contributed by atoms with Gasteiger partial charge in [-0.2, -0.15) is 0 Å². The average Bonchev–Trinajstić information content (AvgIpc) is 2.72. The first kappa shape index (κ1) is 20.2. The van der Waals surface area contributed by atoms with E-state index in [2.05, 4.69) is 21.2 Å². The highest BCUT2D eigenvalue weighted by atomic mass is 79.9. The fourth-order valence-electron chi connectivity index (χ4n) is 3.83. The zero-order valence-electron chi connectivity index (χ0n) is 16.1. The minimum Gasteiger partial charge on any atom is -0.352 e. The van der Waals surface area contributed by atoms with Crippen LogP contribution in [0.3, 0.4) is 0 Å². The predicted molar refractivity (Wildman–Crippen MR) is 122 cm³/mol. The largest absolute Gasteiger partial charge is 0.352 e. The van der Waals surface area contributed by atoms with E-state index in [1.54, 1.807) is 4.90 Å². The topological polar surface area (TPSA) is 49.4 Å². The zero-order valence-corrected chi connectivity index (χ0v) is 18.5. The second kappa shape index (κ2) is 9.18. The van der Waals surface area contributed by atoms with Crippen LogP contribution in [0, 0.1) is 0 Å². The normalized spacial score (nSPS) is 18.6. The summed E-state index contributed by atoms with van der Waals surface area (Å²) in [6.45, 7) is 0.0444. The van der Waals surface area contributed by atoms with Crippen molar-refractivity contribution in [2.45, 2.75) is 43.0 Å². The lowest BCUT2D eigenvalue weighted by atomic mass is 9.95. The van der Waals surface area contributed by atoms with Gasteiger partial charge in [-0.1, -0.05) is 71.2 Å². The molecule has 150 valence electrons. The number of hydrogen-bond acceptors (Lipinski definition) is 3. The number of benzene rings is 2. The lowest BCUT2D eigenvalue weighted by molar-refractivity contribution is -0.123. The fourth-order valence-corrected chi connectivity index (χ4v) is 5.31. The van der Waals surface area contributed by atoms with E-state index in [9.17, 15) is 9.59 Å². The number of carbonyl (C=O) groups is 2. The summed E-state index contributed by atoms with van der Waals surface area (Å²) in [6.07, 6.45) is 7.50. The van der Waals surface area contributed by atoms with Crippen molar-refractivity contribution >= 4 is 51.3 Å². The van der Waals surface area contributed by atoms with E-state index in [-0.39, 0.29) is 24.4 Å². The molecule has 0 unspecified atom stereocenters. The standard InChI is InChI=1S/C23H23BrN2O2S/c24-17-8-6-7-16(13-17)14-21-23(28)26(19-11-4-5-12-20(19)29-21)15-22(27)25-18-9-2-1-3-10-18/h4-8,11-14,18H,1-3,9-10,15H2,(H,25,27)/b21-14+. The minimum atomic E-state index is -0.132. The van der Waals surface area contributed by atoms with Gasteiger partial charge in [-0.15, -0.1) is 0 Å². The SMILES string of the molecule is O=C(CN1C(=O)/C(=C\c2cccc(Br)c2)Sc2ccccc21)NC1CCCCC1. The number of amides is 2. The van der Waals surface area contributed by atoms with Gasteiger partial charge in [0.15, 0.2) is 0 Å². The van der Waals surface area contributed by atoms with E-state index in [4.69, 9.17) is 0 Å². The van der Waals surface area contributed by atoms with Crippen LogP contribution < -0.4 is 10.2 Å². The summed E-state index contributed by atoms with van der Waals surface area (Å²) in [6, 6.07) is 15.8. The van der Waals surface area contributed by atoms with Crippen molar-refractivity contribution in [1.82, 2.24) is 5.32 Å². The Morgan fingerprint density at radius 1 is 1.14 bits per heavy atom. The Balaban J connectivity index is 1.58. The van der Waals surface area contributed by atoms with Crippen LogP contribution in [0.15, 0.2) is 62.8 Å². The van der Waals surface area contributed by atoms with Crippen molar-refractivity contribution < 1.29 is 9.59 Å². The third-order valence-corrected chi connectivity index (χ3v) is 6.82. The minimum absolute atomic E-state index is 0.0444. The molecule has 0 radical (unpaired) electrons. The average molecular weight is 471 g/mol. The van der Waals surface area contributed by atoms with Crippen LogP contribution in [0.1, 0.15) is 37.7 Å². The van der Waals surface area contributed by atoms with E-state index in [1.165, 1.54) is 18.2 Å². The summed E-state index contributed by atoms with van der Waals surface area (Å²) >= 11 is 4.93. The third-order valence-electron chi connectivity index (χ3n) is 5.25. The highest BCUT2D eigenvalue weighted by Crippen LogP contribution is 2.42. The smallest absolute Gasteiger partial charge is 0.265 e. The van der Waals surface area contributed by atoms with Gasteiger partial charge in [0, 0.05) is 15.4 Å². The molecule has 2 aliphatic rings. The van der Waals surface area contributed by atoms with Gasteiger partial charge in [0.25, 0.3) is 5.91 Å². The Bertz CT molecular complexity index is 953. The summed E-state index contributed by atoms with van der Waals surface area (Å²) in [5.41, 5.74) is 1.74. The maximum Gasteiger partial charge on any atom is 0.265 e. The molecule has 2 amide bonds. The summed E-state index contributed by atoms with van der Waals surface area (Å²) in [7, 11) is 0. The Morgan fingerprint density at radius 3 is 2.72 bits per heavy atom. The van der Waals surface area contributed by atoms with Crippen LogP contribution in [0.5, 0.6) is 0 Å². The fraction of sp³-hybridized carbons (Fsp3) is 0.304. The van der Waals surface area contributed by atoms with Crippen LogP contribution in [0.4, 0.5) is 5.69 Å². The van der Waals surface area contributed by atoms with E-state index in [1.807, 2.05) is 54.6 Å². The van der Waals surface area contributed by atoms with Gasteiger partial charge in [0.2, 0.25) is 5.91 Å². The van der Waals surface area contributed by atoms with Crippen molar-refractivity contribution in [3.05, 3.63) is 63.5 Å². The third kappa shape index (κ3) is 4.93. The van der Waals surface area contributed by atoms with Gasteiger partial charge in [-0.05, 0) is 48.7 Å². The quantitative estimate of drug-likeness (QED) is 0.610. The molecule has 4 nitrogen and oxygen atoms in total. The maximum atomic E-state index is 13.3. The predicted octanol–water partition coefficient (Wildman–Crippen LogP) is 5.38. The van der Waals surface area contributed by atoms with Gasteiger partial charge in [-0.25, -0.2) is 0 Å². The molecule has 1 aliphatic heterocycles. The number of nitrogens with one attached hydrogen (secondary N) is 1. The number of anilines is 1. The Hall–Kier alpha value is -2.05. The van der Waals surface area contributed by atoms with Crippen LogP contribution in [0.25, 0.3) is 6.08 Å². The second-order valence-corrected chi connectivity index (χ2v) is 9.43. The highest BCUT2D eigenvalue weighted by Gasteiger charge is 2.31. The Labute approximate surface area is 183 Å². The second-order valence-electron chi connectivity index (χ2n) is 7.43. The molecule has 0 aromatic heterocycles. The van der Waals surface area contributed by atoms with Crippen molar-refractivity contribution in [2.24, 2.45) is 0 Å². The number of thioether (sulfide) groups is 1. The van der Waals surface area contributed by atoms with E-state index in [0.29, 0.717) is 4.91 Å².